The molecule has 0 radical (unpaired) electrons. The highest BCUT2D eigenvalue weighted by molar-refractivity contribution is 6.19. The number of carbonyl (C=O) groups is 3. The third-order valence-electron chi connectivity index (χ3n) is 4.07. The van der Waals surface area contributed by atoms with Crippen molar-refractivity contribution < 1.29 is 29.0 Å². The van der Waals surface area contributed by atoms with Gasteiger partial charge in [0, 0.05) is 12.3 Å². The molecule has 156 valence electrons. The minimum absolute atomic E-state index is 0.00272. The van der Waals surface area contributed by atoms with Crippen LogP contribution < -0.4 is 0 Å². The van der Waals surface area contributed by atoms with Crippen molar-refractivity contribution in [2.45, 2.75) is 74.1 Å². The number of allylic oxidation sites excluding steroid dienone is 1. The third-order valence-corrected chi connectivity index (χ3v) is 4.07. The van der Waals surface area contributed by atoms with Crippen molar-refractivity contribution in [2.24, 2.45) is 23.7 Å². The van der Waals surface area contributed by atoms with Gasteiger partial charge in [0.1, 0.15) is 11.3 Å². The average molecular weight is 385 g/mol. The first-order chi connectivity index (χ1) is 12.5. The van der Waals surface area contributed by atoms with Crippen LogP contribution in [-0.2, 0) is 19.1 Å². The van der Waals surface area contributed by atoms with Crippen LogP contribution in [0.25, 0.3) is 0 Å². The molecule has 0 aliphatic rings. The van der Waals surface area contributed by atoms with E-state index in [1.54, 1.807) is 6.92 Å². The summed E-state index contributed by atoms with van der Waals surface area (Å²) in [5.41, 5.74) is -0.444. The zero-order valence-electron chi connectivity index (χ0n) is 17.8. The Morgan fingerprint density at radius 2 is 1.37 bits per heavy atom. The predicted octanol–water partition coefficient (Wildman–Crippen LogP) is 5.21. The van der Waals surface area contributed by atoms with E-state index in [0.29, 0.717) is 24.7 Å². The van der Waals surface area contributed by atoms with Gasteiger partial charge in [0.25, 0.3) is 0 Å². The average Bonchev–Trinajstić information content (AvgIpc) is 2.51. The summed E-state index contributed by atoms with van der Waals surface area (Å²) in [5, 5.41) is 10.5. The Morgan fingerprint density at radius 1 is 0.815 bits per heavy atom. The second kappa shape index (κ2) is 12.5. The molecule has 0 aromatic carbocycles. The van der Waals surface area contributed by atoms with E-state index in [0.717, 1.165) is 6.42 Å². The molecule has 6 heteroatoms. The molecule has 0 bridgehead atoms. The summed E-state index contributed by atoms with van der Waals surface area (Å²) in [4.78, 5) is 36.6. The lowest BCUT2D eigenvalue weighted by Crippen LogP contribution is -2.24. The van der Waals surface area contributed by atoms with Gasteiger partial charge in [0.05, 0.1) is 6.61 Å². The first kappa shape index (κ1) is 25.1. The smallest absolute Gasteiger partial charge is 0.511 e. The van der Waals surface area contributed by atoms with Gasteiger partial charge in [-0.2, -0.15) is 0 Å². The maximum Gasteiger partial charge on any atom is 0.516 e. The lowest BCUT2D eigenvalue weighted by atomic mass is 9.92. The number of hydrogen-bond donors (Lipinski definition) is 1. The molecule has 0 fully saturated rings. The van der Waals surface area contributed by atoms with Crippen molar-refractivity contribution in [3.63, 3.8) is 0 Å². The number of ether oxygens (including phenoxy) is 2. The zero-order valence-corrected chi connectivity index (χ0v) is 17.8. The standard InChI is InChI=1S/C21H36O6/c1-13(2)8-9-16(7)19(23)18(17(22)12-15(5)6)20(24)27-21(25)26-11-10-14(3)4/h13-16,23H,8-12H2,1-7H3. The van der Waals surface area contributed by atoms with Crippen LogP contribution in [0, 0.1) is 23.7 Å². The number of carbonyl (C=O) groups excluding carboxylic acids is 3. The minimum Gasteiger partial charge on any atom is -0.511 e. The maximum atomic E-state index is 12.5. The van der Waals surface area contributed by atoms with Crippen LogP contribution in [0.2, 0.25) is 0 Å². The van der Waals surface area contributed by atoms with E-state index < -0.39 is 23.5 Å². The molecule has 1 atom stereocenters. The number of esters is 1. The van der Waals surface area contributed by atoms with Gasteiger partial charge in [0.2, 0.25) is 0 Å². The van der Waals surface area contributed by atoms with Gasteiger partial charge in [-0.25, -0.2) is 9.59 Å². The van der Waals surface area contributed by atoms with Crippen molar-refractivity contribution in [3.05, 3.63) is 11.3 Å². The largest absolute Gasteiger partial charge is 0.516 e. The summed E-state index contributed by atoms with van der Waals surface area (Å²) in [6.45, 7) is 13.6. The number of aliphatic hydroxyl groups is 1. The van der Waals surface area contributed by atoms with E-state index in [1.807, 2.05) is 27.7 Å². The molecule has 0 spiro atoms. The second-order valence-corrected chi connectivity index (χ2v) is 8.32. The summed E-state index contributed by atoms with van der Waals surface area (Å²) < 4.78 is 9.51. The second-order valence-electron chi connectivity index (χ2n) is 8.32. The number of aliphatic hydroxyl groups excluding tert-OH is 1. The Hall–Kier alpha value is -1.85. The molecule has 27 heavy (non-hydrogen) atoms. The molecule has 0 heterocycles. The molecule has 0 aliphatic heterocycles. The van der Waals surface area contributed by atoms with Gasteiger partial charge in [-0.3, -0.25) is 4.79 Å². The fraction of sp³-hybridized carbons (Fsp3) is 0.762. The quantitative estimate of drug-likeness (QED) is 0.173. The van der Waals surface area contributed by atoms with E-state index in [2.05, 4.69) is 18.6 Å². The molecule has 0 aliphatic carbocycles. The lowest BCUT2D eigenvalue weighted by Gasteiger charge is -2.16. The van der Waals surface area contributed by atoms with E-state index in [-0.39, 0.29) is 30.6 Å². The number of Topliss-reactive ketones (excluding diaryl/α,β-unsaturated/α-hetero) is 1. The van der Waals surface area contributed by atoms with Crippen molar-refractivity contribution >= 4 is 17.9 Å². The van der Waals surface area contributed by atoms with Crippen LogP contribution in [0.5, 0.6) is 0 Å². The first-order valence-corrected chi connectivity index (χ1v) is 9.80. The van der Waals surface area contributed by atoms with Crippen LogP contribution in [0.4, 0.5) is 4.79 Å². The SMILES string of the molecule is CC(C)CCOC(=O)OC(=O)C(C(=O)CC(C)C)=C(O)C(C)CCC(C)C. The van der Waals surface area contributed by atoms with Gasteiger partial charge < -0.3 is 14.6 Å². The monoisotopic (exact) mass is 384 g/mol. The van der Waals surface area contributed by atoms with Crippen LogP contribution in [0.15, 0.2) is 11.3 Å². The molecule has 0 saturated carbocycles. The molecule has 1 unspecified atom stereocenters. The van der Waals surface area contributed by atoms with Crippen molar-refractivity contribution in [3.8, 4) is 0 Å². The Balaban J connectivity index is 5.28. The molecule has 0 amide bonds. The van der Waals surface area contributed by atoms with E-state index in [9.17, 15) is 19.5 Å². The molecule has 0 rings (SSSR count). The van der Waals surface area contributed by atoms with Gasteiger partial charge in [-0.15, -0.1) is 0 Å². The van der Waals surface area contributed by atoms with E-state index in [4.69, 9.17) is 4.74 Å². The molecule has 6 nitrogen and oxygen atoms in total. The Labute approximate surface area is 163 Å². The molecular formula is C21H36O6. The summed E-state index contributed by atoms with van der Waals surface area (Å²) in [7, 11) is 0. The predicted molar refractivity (Wildman–Crippen MR) is 104 cm³/mol. The number of rotatable bonds is 11. The summed E-state index contributed by atoms with van der Waals surface area (Å²) in [5.74, 6) is -1.62. The Kier molecular flexibility index (Phi) is 11.7. The maximum absolute atomic E-state index is 12.5. The molecule has 0 aromatic rings. The summed E-state index contributed by atoms with van der Waals surface area (Å²) in [6, 6.07) is 0. The summed E-state index contributed by atoms with van der Waals surface area (Å²) >= 11 is 0. The topological polar surface area (TPSA) is 89.9 Å². The Morgan fingerprint density at radius 3 is 1.85 bits per heavy atom. The summed E-state index contributed by atoms with van der Waals surface area (Å²) in [6.07, 6.45) is 1.01. The van der Waals surface area contributed by atoms with Crippen LogP contribution in [-0.4, -0.2) is 29.6 Å². The highest BCUT2D eigenvalue weighted by atomic mass is 16.7. The van der Waals surface area contributed by atoms with Crippen LogP contribution >= 0.6 is 0 Å². The minimum atomic E-state index is -1.15. The van der Waals surface area contributed by atoms with Crippen LogP contribution in [0.1, 0.15) is 74.1 Å². The van der Waals surface area contributed by atoms with Gasteiger partial charge in [0.15, 0.2) is 5.78 Å². The fourth-order valence-corrected chi connectivity index (χ4v) is 2.33. The van der Waals surface area contributed by atoms with Gasteiger partial charge >= 0.3 is 12.1 Å². The lowest BCUT2D eigenvalue weighted by molar-refractivity contribution is -0.137. The van der Waals surface area contributed by atoms with Gasteiger partial charge in [-0.05, 0) is 30.6 Å². The molecule has 0 aromatic heterocycles. The van der Waals surface area contributed by atoms with Crippen molar-refractivity contribution in [1.82, 2.24) is 0 Å². The number of hydrogen-bond acceptors (Lipinski definition) is 6. The first-order valence-electron chi connectivity index (χ1n) is 9.80. The normalized spacial score (nSPS) is 13.6. The van der Waals surface area contributed by atoms with Crippen molar-refractivity contribution in [2.75, 3.05) is 6.61 Å². The Bertz CT molecular complexity index is 531. The third kappa shape index (κ3) is 10.8. The molecule has 1 N–H and O–H groups in total. The van der Waals surface area contributed by atoms with Gasteiger partial charge in [-0.1, -0.05) is 54.9 Å². The molecule has 0 saturated heterocycles. The van der Waals surface area contributed by atoms with Crippen molar-refractivity contribution in [1.29, 1.82) is 0 Å². The van der Waals surface area contributed by atoms with Crippen LogP contribution in [0.3, 0.4) is 0 Å². The number of ketones is 1. The highest BCUT2D eigenvalue weighted by Crippen LogP contribution is 2.23. The highest BCUT2D eigenvalue weighted by Gasteiger charge is 2.29. The molecular weight excluding hydrogens is 348 g/mol. The van der Waals surface area contributed by atoms with E-state index in [1.165, 1.54) is 0 Å². The zero-order chi connectivity index (χ0) is 21.1. The van der Waals surface area contributed by atoms with E-state index >= 15 is 0 Å². The fourth-order valence-electron chi connectivity index (χ4n) is 2.33.